The summed E-state index contributed by atoms with van der Waals surface area (Å²) in [5, 5.41) is 12.8. The number of furan rings is 2. The van der Waals surface area contributed by atoms with Crippen LogP contribution >= 0.6 is 0 Å². The molecule has 5 heteroatoms. The molecule has 10 aromatic rings. The third-order valence-electron chi connectivity index (χ3n) is 10.3. The number of benzene rings is 8. The lowest BCUT2D eigenvalue weighted by molar-refractivity contribution is 0.662. The smallest absolute Gasteiger partial charge is 0.159 e. The van der Waals surface area contributed by atoms with Gasteiger partial charge in [-0.25, -0.2) is 9.98 Å². The second kappa shape index (κ2) is 11.3. The molecule has 0 saturated carbocycles. The van der Waals surface area contributed by atoms with Gasteiger partial charge in [-0.15, -0.1) is 0 Å². The molecule has 0 amide bonds. The van der Waals surface area contributed by atoms with Crippen LogP contribution in [-0.4, -0.2) is 11.7 Å². The van der Waals surface area contributed by atoms with Crippen molar-refractivity contribution < 1.29 is 8.83 Å². The average molecular weight is 668 g/mol. The molecule has 3 heterocycles. The van der Waals surface area contributed by atoms with Crippen LogP contribution in [0.4, 0.5) is 0 Å². The van der Waals surface area contributed by atoms with Crippen LogP contribution in [0, 0.1) is 0 Å². The van der Waals surface area contributed by atoms with Gasteiger partial charge in [0, 0.05) is 38.2 Å². The lowest BCUT2D eigenvalue weighted by atomic mass is 9.93. The van der Waals surface area contributed by atoms with Gasteiger partial charge in [0.1, 0.15) is 34.3 Å². The molecular formula is C47H29N3O2. The molecule has 1 atom stereocenters. The molecule has 8 aromatic carbocycles. The van der Waals surface area contributed by atoms with Crippen molar-refractivity contribution in [2.75, 3.05) is 0 Å². The summed E-state index contributed by atoms with van der Waals surface area (Å²) in [5.74, 6) is 1.46. The summed E-state index contributed by atoms with van der Waals surface area (Å²) >= 11 is 0. The van der Waals surface area contributed by atoms with Crippen molar-refractivity contribution in [1.29, 1.82) is 0 Å². The number of aliphatic imine (C=N–C) groups is 2. The Morgan fingerprint density at radius 3 is 1.87 bits per heavy atom. The standard InChI is InChI=1S/C47H29N3O2/c1-2-13-28(14-3-1)45-48-46(50-47(49-45)37-27-29-15-4-5-16-30(29)31-17-6-7-18-32(31)37)36-22-12-26-41-44(36)43-34(21-11-25-40(43)52-41)33-20-10-24-39-42(33)35-19-8-9-23-38(35)51-39/h1-27,46H,(H,48,49,50). The summed E-state index contributed by atoms with van der Waals surface area (Å²) < 4.78 is 12.9. The highest BCUT2D eigenvalue weighted by Gasteiger charge is 2.27. The fourth-order valence-corrected chi connectivity index (χ4v) is 8.06. The molecular weight excluding hydrogens is 639 g/mol. The Hall–Kier alpha value is -6.98. The summed E-state index contributed by atoms with van der Waals surface area (Å²) in [6, 6.07) is 56.7. The second-order valence-electron chi connectivity index (χ2n) is 13.3. The van der Waals surface area contributed by atoms with Gasteiger partial charge in [0.2, 0.25) is 0 Å². The molecule has 52 heavy (non-hydrogen) atoms. The van der Waals surface area contributed by atoms with Gasteiger partial charge >= 0.3 is 0 Å². The molecule has 0 bridgehead atoms. The first-order valence-corrected chi connectivity index (χ1v) is 17.5. The van der Waals surface area contributed by atoms with Crippen molar-refractivity contribution >= 4 is 77.1 Å². The predicted molar refractivity (Wildman–Crippen MR) is 213 cm³/mol. The van der Waals surface area contributed by atoms with E-state index in [0.717, 1.165) is 88.3 Å². The van der Waals surface area contributed by atoms with Gasteiger partial charge < -0.3 is 14.2 Å². The fourth-order valence-electron chi connectivity index (χ4n) is 8.06. The molecule has 1 unspecified atom stereocenters. The van der Waals surface area contributed by atoms with Crippen LogP contribution in [0.5, 0.6) is 0 Å². The number of rotatable bonds is 4. The minimum absolute atomic E-state index is 0.448. The molecule has 1 aliphatic rings. The molecule has 0 aliphatic carbocycles. The van der Waals surface area contributed by atoms with E-state index in [4.69, 9.17) is 18.8 Å². The monoisotopic (exact) mass is 667 g/mol. The van der Waals surface area contributed by atoms with Gasteiger partial charge in [-0.1, -0.05) is 133 Å². The van der Waals surface area contributed by atoms with Gasteiger partial charge in [-0.05, 0) is 63.0 Å². The normalized spacial score (nSPS) is 14.7. The minimum atomic E-state index is -0.448. The van der Waals surface area contributed by atoms with Gasteiger partial charge in [0.25, 0.3) is 0 Å². The van der Waals surface area contributed by atoms with E-state index in [0.29, 0.717) is 5.84 Å². The van der Waals surface area contributed by atoms with E-state index >= 15 is 0 Å². The maximum Gasteiger partial charge on any atom is 0.159 e. The molecule has 244 valence electrons. The molecule has 0 saturated heterocycles. The first-order chi connectivity index (χ1) is 25.8. The van der Waals surface area contributed by atoms with E-state index in [2.05, 4.69) is 127 Å². The quantitative estimate of drug-likeness (QED) is 0.190. The first-order valence-electron chi connectivity index (χ1n) is 17.5. The van der Waals surface area contributed by atoms with E-state index in [1.165, 1.54) is 10.8 Å². The van der Waals surface area contributed by atoms with Crippen molar-refractivity contribution in [3.05, 3.63) is 180 Å². The van der Waals surface area contributed by atoms with Crippen LogP contribution < -0.4 is 5.32 Å². The predicted octanol–water partition coefficient (Wildman–Crippen LogP) is 12.0. The third-order valence-corrected chi connectivity index (χ3v) is 10.3. The number of hydrogen-bond donors (Lipinski definition) is 1. The maximum atomic E-state index is 6.63. The summed E-state index contributed by atoms with van der Waals surface area (Å²) in [4.78, 5) is 10.6. The molecule has 1 N–H and O–H groups in total. The highest BCUT2D eigenvalue weighted by atomic mass is 16.3. The zero-order valence-electron chi connectivity index (χ0n) is 27.9. The number of nitrogens with zero attached hydrogens (tertiary/aromatic N) is 2. The topological polar surface area (TPSA) is 63.0 Å². The van der Waals surface area contributed by atoms with Crippen LogP contribution in [0.2, 0.25) is 0 Å². The van der Waals surface area contributed by atoms with Crippen molar-refractivity contribution in [3.8, 4) is 11.1 Å². The van der Waals surface area contributed by atoms with Crippen molar-refractivity contribution in [2.24, 2.45) is 9.98 Å². The van der Waals surface area contributed by atoms with Crippen LogP contribution in [0.15, 0.2) is 183 Å². The fraction of sp³-hybridized carbons (Fsp3) is 0.0213. The summed E-state index contributed by atoms with van der Waals surface area (Å²) in [7, 11) is 0. The average Bonchev–Trinajstić information content (AvgIpc) is 3.80. The Morgan fingerprint density at radius 1 is 0.442 bits per heavy atom. The SMILES string of the molecule is c1ccc(C2=NC(c3cccc4oc5cccc(-c6cccc7oc8ccccc8c67)c5c34)NC(c3cc4ccccc4c4ccccc34)=N2)cc1. The second-order valence-corrected chi connectivity index (χ2v) is 13.3. The van der Waals surface area contributed by atoms with E-state index in [1.807, 2.05) is 42.5 Å². The number of amidine groups is 2. The molecule has 0 radical (unpaired) electrons. The molecule has 1 aliphatic heterocycles. The Kier molecular flexibility index (Phi) is 6.25. The molecule has 2 aromatic heterocycles. The van der Waals surface area contributed by atoms with Crippen molar-refractivity contribution in [3.63, 3.8) is 0 Å². The van der Waals surface area contributed by atoms with Gasteiger partial charge in [-0.2, -0.15) is 0 Å². The molecule has 11 rings (SSSR count). The van der Waals surface area contributed by atoms with Crippen LogP contribution in [0.3, 0.4) is 0 Å². The zero-order chi connectivity index (χ0) is 34.2. The van der Waals surface area contributed by atoms with Crippen LogP contribution in [0.1, 0.15) is 22.9 Å². The van der Waals surface area contributed by atoms with E-state index in [-0.39, 0.29) is 0 Å². The largest absolute Gasteiger partial charge is 0.456 e. The molecule has 0 spiro atoms. The zero-order valence-corrected chi connectivity index (χ0v) is 27.9. The minimum Gasteiger partial charge on any atom is -0.456 e. The Balaban J connectivity index is 1.16. The number of nitrogens with one attached hydrogen (secondary N) is 1. The number of hydrogen-bond acceptors (Lipinski definition) is 5. The highest BCUT2D eigenvalue weighted by Crippen LogP contribution is 2.44. The molecule has 0 fully saturated rings. The Labute approximate surface area is 298 Å². The van der Waals surface area contributed by atoms with Crippen LogP contribution in [-0.2, 0) is 0 Å². The van der Waals surface area contributed by atoms with Gasteiger partial charge in [-0.3, -0.25) is 0 Å². The van der Waals surface area contributed by atoms with Gasteiger partial charge in [0.05, 0.1) is 0 Å². The molecule has 5 nitrogen and oxygen atoms in total. The summed E-state index contributed by atoms with van der Waals surface area (Å²) in [6.07, 6.45) is -0.448. The lowest BCUT2D eigenvalue weighted by Gasteiger charge is -2.25. The van der Waals surface area contributed by atoms with Crippen LogP contribution in [0.25, 0.3) is 76.5 Å². The van der Waals surface area contributed by atoms with E-state index in [1.54, 1.807) is 0 Å². The number of fused-ring (bicyclic) bond motifs is 9. The summed E-state index contributed by atoms with van der Waals surface area (Å²) in [6.45, 7) is 0. The Bertz CT molecular complexity index is 3110. The summed E-state index contributed by atoms with van der Waals surface area (Å²) in [5.41, 5.74) is 8.55. The third kappa shape index (κ3) is 4.36. The Morgan fingerprint density at radius 2 is 1.04 bits per heavy atom. The number of para-hydroxylation sites is 1. The van der Waals surface area contributed by atoms with Gasteiger partial charge in [0.15, 0.2) is 5.84 Å². The van der Waals surface area contributed by atoms with Crippen molar-refractivity contribution in [2.45, 2.75) is 6.17 Å². The lowest BCUT2D eigenvalue weighted by Crippen LogP contribution is -2.33. The van der Waals surface area contributed by atoms with E-state index in [9.17, 15) is 0 Å². The van der Waals surface area contributed by atoms with E-state index < -0.39 is 6.17 Å². The van der Waals surface area contributed by atoms with Crippen molar-refractivity contribution in [1.82, 2.24) is 5.32 Å². The first kappa shape index (κ1) is 28.8. The highest BCUT2D eigenvalue weighted by molar-refractivity contribution is 6.23. The maximum absolute atomic E-state index is 6.63.